The Bertz CT molecular complexity index is 441. The van der Waals surface area contributed by atoms with E-state index in [2.05, 4.69) is 0 Å². The molecule has 1 rings (SSSR count). The van der Waals surface area contributed by atoms with Gasteiger partial charge in [-0.15, -0.1) is 11.6 Å². The van der Waals surface area contributed by atoms with Gasteiger partial charge in [0, 0.05) is 12.9 Å². The van der Waals surface area contributed by atoms with Gasteiger partial charge >= 0.3 is 5.88 Å². The van der Waals surface area contributed by atoms with Gasteiger partial charge in [-0.2, -0.15) is 0 Å². The molecule has 6 nitrogen and oxygen atoms in total. The lowest BCUT2D eigenvalue weighted by atomic mass is 10.1. The van der Waals surface area contributed by atoms with E-state index in [1.165, 1.54) is 11.0 Å². The molecule has 0 N–H and O–H groups in total. The van der Waals surface area contributed by atoms with E-state index >= 15 is 0 Å². The van der Waals surface area contributed by atoms with Crippen molar-refractivity contribution in [1.82, 2.24) is 4.90 Å². The summed E-state index contributed by atoms with van der Waals surface area (Å²) in [5.41, 5.74) is -0.555. The van der Waals surface area contributed by atoms with E-state index in [0.29, 0.717) is 0 Å². The van der Waals surface area contributed by atoms with Crippen molar-refractivity contribution < 1.29 is 14.1 Å². The number of hydrogen-bond acceptors (Lipinski definition) is 4. The number of carbonyl (C=O) groups is 1. The molecule has 0 saturated carbocycles. The number of halogens is 1. The standard InChI is InChI=1S/C10H13ClN2O4/c1-10(2,6-11)12(3)9(14)7-4-5-8(17-7)13(15)16/h4-5H,6H2,1-3H3. The molecule has 0 aromatic carbocycles. The zero-order chi connectivity index (χ0) is 13.2. The molecule has 1 aromatic rings. The molecule has 0 aliphatic heterocycles. The molecular weight excluding hydrogens is 248 g/mol. The molecule has 0 spiro atoms. The van der Waals surface area contributed by atoms with Crippen LogP contribution >= 0.6 is 11.6 Å². The summed E-state index contributed by atoms with van der Waals surface area (Å²) < 4.78 is 4.83. The van der Waals surface area contributed by atoms with Crippen LogP contribution in [0.25, 0.3) is 0 Å². The Morgan fingerprint density at radius 3 is 2.59 bits per heavy atom. The third-order valence-electron chi connectivity index (χ3n) is 2.52. The molecule has 94 valence electrons. The fourth-order valence-corrected chi connectivity index (χ4v) is 1.25. The van der Waals surface area contributed by atoms with Crippen LogP contribution in [0.3, 0.4) is 0 Å². The molecule has 7 heteroatoms. The van der Waals surface area contributed by atoms with Gasteiger partial charge in [0.25, 0.3) is 5.91 Å². The van der Waals surface area contributed by atoms with Crippen LogP contribution in [0.5, 0.6) is 0 Å². The maximum atomic E-state index is 11.9. The molecule has 1 amide bonds. The van der Waals surface area contributed by atoms with Gasteiger partial charge < -0.3 is 9.32 Å². The third kappa shape index (κ3) is 2.76. The molecule has 0 aliphatic carbocycles. The fraction of sp³-hybridized carbons (Fsp3) is 0.500. The predicted octanol–water partition coefficient (Wildman–Crippen LogP) is 2.28. The van der Waals surface area contributed by atoms with Crippen LogP contribution in [0.4, 0.5) is 5.88 Å². The largest absolute Gasteiger partial charge is 0.433 e. The van der Waals surface area contributed by atoms with Gasteiger partial charge in [0.2, 0.25) is 0 Å². The molecule has 0 saturated heterocycles. The second kappa shape index (κ2) is 4.75. The highest BCUT2D eigenvalue weighted by Gasteiger charge is 2.30. The number of hydrogen-bond donors (Lipinski definition) is 0. The molecule has 1 aromatic heterocycles. The lowest BCUT2D eigenvalue weighted by Gasteiger charge is -2.33. The third-order valence-corrected chi connectivity index (χ3v) is 3.18. The molecule has 0 atom stereocenters. The Labute approximate surface area is 103 Å². The lowest BCUT2D eigenvalue weighted by molar-refractivity contribution is -0.402. The first kappa shape index (κ1) is 13.5. The van der Waals surface area contributed by atoms with Crippen molar-refractivity contribution in [3.8, 4) is 0 Å². The van der Waals surface area contributed by atoms with Gasteiger partial charge in [-0.05, 0) is 19.9 Å². The van der Waals surface area contributed by atoms with E-state index < -0.39 is 22.3 Å². The van der Waals surface area contributed by atoms with Crippen LogP contribution in [-0.2, 0) is 0 Å². The SMILES string of the molecule is CN(C(=O)c1ccc([N+](=O)[O-])o1)C(C)(C)CCl. The minimum Gasteiger partial charge on any atom is -0.395 e. The summed E-state index contributed by atoms with van der Waals surface area (Å²) >= 11 is 5.74. The summed E-state index contributed by atoms with van der Waals surface area (Å²) in [6.45, 7) is 3.57. The molecule has 0 aliphatic rings. The topological polar surface area (TPSA) is 76.6 Å². The normalized spacial score (nSPS) is 11.3. The van der Waals surface area contributed by atoms with Crippen molar-refractivity contribution in [3.05, 3.63) is 28.0 Å². The quantitative estimate of drug-likeness (QED) is 0.473. The van der Waals surface area contributed by atoms with Gasteiger partial charge in [0.1, 0.15) is 4.92 Å². The Hall–Kier alpha value is -1.56. The first-order chi connectivity index (χ1) is 7.79. The summed E-state index contributed by atoms with van der Waals surface area (Å²) in [5.74, 6) is -0.718. The van der Waals surface area contributed by atoms with Crippen molar-refractivity contribution in [3.63, 3.8) is 0 Å². The van der Waals surface area contributed by atoms with E-state index in [1.54, 1.807) is 20.9 Å². The Morgan fingerprint density at radius 1 is 1.59 bits per heavy atom. The molecule has 1 heterocycles. The van der Waals surface area contributed by atoms with Crippen LogP contribution in [0.2, 0.25) is 0 Å². The fourth-order valence-electron chi connectivity index (χ4n) is 1.07. The first-order valence-electron chi connectivity index (χ1n) is 4.88. The highest BCUT2D eigenvalue weighted by molar-refractivity contribution is 6.18. The Kier molecular flexibility index (Phi) is 3.77. The van der Waals surface area contributed by atoms with Crippen LogP contribution in [0.1, 0.15) is 24.4 Å². The minimum atomic E-state index is -0.691. The smallest absolute Gasteiger partial charge is 0.395 e. The number of carbonyl (C=O) groups excluding carboxylic acids is 1. The Morgan fingerprint density at radius 2 is 2.18 bits per heavy atom. The minimum absolute atomic E-state index is 0.0719. The highest BCUT2D eigenvalue weighted by Crippen LogP contribution is 2.21. The number of amides is 1. The van der Waals surface area contributed by atoms with Crippen molar-refractivity contribution in [2.75, 3.05) is 12.9 Å². The first-order valence-corrected chi connectivity index (χ1v) is 5.41. The van der Waals surface area contributed by atoms with Crippen molar-refractivity contribution >= 4 is 23.4 Å². The van der Waals surface area contributed by atoms with Crippen LogP contribution < -0.4 is 0 Å². The maximum absolute atomic E-state index is 11.9. The van der Waals surface area contributed by atoms with Gasteiger partial charge in [0.15, 0.2) is 5.76 Å². The monoisotopic (exact) mass is 260 g/mol. The van der Waals surface area contributed by atoms with E-state index in [9.17, 15) is 14.9 Å². The van der Waals surface area contributed by atoms with Gasteiger partial charge in [-0.1, -0.05) is 0 Å². The van der Waals surface area contributed by atoms with Crippen molar-refractivity contribution in [2.45, 2.75) is 19.4 Å². The zero-order valence-corrected chi connectivity index (χ0v) is 10.5. The number of nitrogens with zero attached hydrogens (tertiary/aromatic N) is 2. The summed E-state index contributed by atoms with van der Waals surface area (Å²) in [4.78, 5) is 23.1. The van der Waals surface area contributed by atoms with E-state index in [0.717, 1.165) is 6.07 Å². The molecule has 0 bridgehead atoms. The summed E-state index contributed by atoms with van der Waals surface area (Å²) in [6, 6.07) is 2.43. The van der Waals surface area contributed by atoms with Crippen molar-refractivity contribution in [1.29, 1.82) is 0 Å². The average Bonchev–Trinajstić information content (AvgIpc) is 2.76. The predicted molar refractivity (Wildman–Crippen MR) is 62.3 cm³/mol. The zero-order valence-electron chi connectivity index (χ0n) is 9.77. The number of rotatable bonds is 4. The number of furan rings is 1. The van der Waals surface area contributed by atoms with Gasteiger partial charge in [-0.25, -0.2) is 0 Å². The number of nitro groups is 1. The molecule has 0 fully saturated rings. The lowest BCUT2D eigenvalue weighted by Crippen LogP contribution is -2.46. The van der Waals surface area contributed by atoms with Gasteiger partial charge in [-0.3, -0.25) is 14.9 Å². The van der Waals surface area contributed by atoms with Gasteiger partial charge in [0.05, 0.1) is 11.6 Å². The average molecular weight is 261 g/mol. The van der Waals surface area contributed by atoms with Crippen molar-refractivity contribution in [2.24, 2.45) is 0 Å². The Balaban J connectivity index is 2.93. The van der Waals surface area contributed by atoms with E-state index in [1.807, 2.05) is 0 Å². The second-order valence-corrected chi connectivity index (χ2v) is 4.47. The van der Waals surface area contributed by atoms with Crippen LogP contribution in [-0.4, -0.2) is 34.2 Å². The molecule has 0 unspecified atom stereocenters. The second-order valence-electron chi connectivity index (χ2n) is 4.21. The molecule has 0 radical (unpaired) electrons. The molecular formula is C10H13ClN2O4. The van der Waals surface area contributed by atoms with E-state index in [-0.39, 0.29) is 11.6 Å². The maximum Gasteiger partial charge on any atom is 0.433 e. The van der Waals surface area contributed by atoms with E-state index in [4.69, 9.17) is 16.0 Å². The summed E-state index contributed by atoms with van der Waals surface area (Å²) in [5, 5.41) is 10.4. The molecule has 17 heavy (non-hydrogen) atoms. The number of alkyl halides is 1. The van der Waals surface area contributed by atoms with Crippen LogP contribution in [0, 0.1) is 10.1 Å². The highest BCUT2D eigenvalue weighted by atomic mass is 35.5. The van der Waals surface area contributed by atoms with Crippen LogP contribution in [0.15, 0.2) is 16.5 Å². The summed E-state index contributed by atoms with van der Waals surface area (Å²) in [6.07, 6.45) is 0. The summed E-state index contributed by atoms with van der Waals surface area (Å²) in [7, 11) is 1.57.